The molecule has 46 heavy (non-hydrogen) atoms. The topological polar surface area (TPSA) is 79.7 Å². The first kappa shape index (κ1) is 32.5. The first-order chi connectivity index (χ1) is 22.3. The molecule has 4 aromatic rings. The number of fused-ring (bicyclic) bond motifs is 1. The molecule has 1 fully saturated rings. The van der Waals surface area contributed by atoms with Crippen LogP contribution in [-0.4, -0.2) is 73.1 Å². The summed E-state index contributed by atoms with van der Waals surface area (Å²) in [4.78, 5) is 2.42. The van der Waals surface area contributed by atoms with E-state index in [1.807, 2.05) is 48.5 Å². The van der Waals surface area contributed by atoms with Crippen molar-refractivity contribution in [2.45, 2.75) is 39.0 Å². The maximum absolute atomic E-state index is 12.5. The van der Waals surface area contributed by atoms with Crippen molar-refractivity contribution in [2.75, 3.05) is 45.6 Å². The maximum atomic E-state index is 12.5. The summed E-state index contributed by atoms with van der Waals surface area (Å²) >= 11 is 6.64. The van der Waals surface area contributed by atoms with Crippen molar-refractivity contribution in [3.63, 3.8) is 0 Å². The first-order valence-electron chi connectivity index (χ1n) is 15.8. The van der Waals surface area contributed by atoms with Gasteiger partial charge in [-0.15, -0.1) is 0 Å². The Morgan fingerprint density at radius 2 is 1.70 bits per heavy atom. The second kappa shape index (κ2) is 14.9. The van der Waals surface area contributed by atoms with Crippen LogP contribution in [0.5, 0.6) is 0 Å². The summed E-state index contributed by atoms with van der Waals surface area (Å²) in [6.45, 7) is 7.53. The monoisotopic (exact) mass is 657 g/mol. The molecule has 0 spiro atoms. The lowest BCUT2D eigenvalue weighted by molar-refractivity contribution is 0.0368. The third kappa shape index (κ3) is 8.26. The minimum absolute atomic E-state index is 0.307. The number of sulfonamides is 1. The van der Waals surface area contributed by atoms with Gasteiger partial charge in [-0.2, -0.15) is 9.40 Å². The summed E-state index contributed by atoms with van der Waals surface area (Å²) in [5, 5.41) is 9.12. The van der Waals surface area contributed by atoms with Crippen LogP contribution in [0.2, 0.25) is 5.02 Å². The van der Waals surface area contributed by atoms with Crippen LogP contribution in [0.1, 0.15) is 39.9 Å². The molecule has 0 bridgehead atoms. The van der Waals surface area contributed by atoms with Crippen LogP contribution in [-0.2, 0) is 47.4 Å². The van der Waals surface area contributed by atoms with Crippen molar-refractivity contribution in [1.29, 1.82) is 0 Å². The van der Waals surface area contributed by atoms with E-state index < -0.39 is 10.0 Å². The van der Waals surface area contributed by atoms with Gasteiger partial charge in [-0.3, -0.25) is 9.58 Å². The van der Waals surface area contributed by atoms with E-state index in [0.29, 0.717) is 30.1 Å². The highest BCUT2D eigenvalue weighted by Gasteiger charge is 2.30. The number of benzene rings is 3. The fraction of sp³-hybridized carbons (Fsp3) is 0.361. The lowest BCUT2D eigenvalue weighted by Gasteiger charge is -2.27. The van der Waals surface area contributed by atoms with Crippen molar-refractivity contribution in [2.24, 2.45) is 0 Å². The molecule has 240 valence electrons. The van der Waals surface area contributed by atoms with Crippen molar-refractivity contribution in [1.82, 2.24) is 24.3 Å². The minimum Gasteiger partial charge on any atom is -0.379 e. The zero-order valence-corrected chi connectivity index (χ0v) is 27.8. The Morgan fingerprint density at radius 1 is 0.913 bits per heavy atom. The molecule has 3 heterocycles. The van der Waals surface area contributed by atoms with E-state index in [2.05, 4.69) is 51.0 Å². The highest BCUT2D eigenvalue weighted by atomic mass is 35.5. The number of aryl methyl sites for hydroxylation is 1. The molecule has 0 aliphatic carbocycles. The molecule has 1 aromatic heterocycles. The van der Waals surface area contributed by atoms with Crippen LogP contribution in [0, 0.1) is 11.8 Å². The summed E-state index contributed by atoms with van der Waals surface area (Å²) in [7, 11) is -3.34. The number of rotatable bonds is 10. The average Bonchev–Trinajstić information content (AvgIpc) is 3.43. The molecule has 10 heteroatoms. The van der Waals surface area contributed by atoms with Gasteiger partial charge in [0.1, 0.15) is 0 Å². The van der Waals surface area contributed by atoms with Crippen molar-refractivity contribution >= 4 is 21.6 Å². The van der Waals surface area contributed by atoms with Gasteiger partial charge in [-0.05, 0) is 41.8 Å². The Hall–Kier alpha value is -3.49. The number of halogens is 1. The lowest BCUT2D eigenvalue weighted by atomic mass is 10.0. The molecule has 3 aromatic carbocycles. The summed E-state index contributed by atoms with van der Waals surface area (Å²) in [6.07, 6.45) is 2.86. The highest BCUT2D eigenvalue weighted by Crippen LogP contribution is 2.33. The van der Waals surface area contributed by atoms with E-state index in [4.69, 9.17) is 21.4 Å². The standard InChI is InChI=1S/C36H40ClN5O3S/c1-46(43,44)41-18-15-35-33(27-41)36(39-42(35)17-6-16-40-19-21-45-22-20-40)32-13-14-34(37)31(24-32)12-11-28-9-5-10-30(23-28)26-38-25-29-7-3-2-4-8-29/h2-5,7-10,13-14,23-24,38H,6,15-22,25-27H2,1H3. The Balaban J connectivity index is 1.22. The van der Waals surface area contributed by atoms with Gasteiger partial charge in [0.25, 0.3) is 0 Å². The van der Waals surface area contributed by atoms with Crippen LogP contribution in [0.15, 0.2) is 72.8 Å². The summed E-state index contributed by atoms with van der Waals surface area (Å²) in [5.41, 5.74) is 7.76. The maximum Gasteiger partial charge on any atom is 0.211 e. The van der Waals surface area contributed by atoms with Gasteiger partial charge in [0.05, 0.1) is 30.2 Å². The van der Waals surface area contributed by atoms with Gasteiger partial charge >= 0.3 is 0 Å². The van der Waals surface area contributed by atoms with Crippen molar-refractivity contribution in [3.8, 4) is 23.1 Å². The molecular formula is C36H40ClN5O3S. The van der Waals surface area contributed by atoms with Crippen LogP contribution in [0.4, 0.5) is 0 Å². The SMILES string of the molecule is CS(=O)(=O)N1CCc2c(c(-c3ccc(Cl)c(C#Cc4cccc(CNCc5ccccc5)c4)c3)nn2CCCN2CCOCC2)C1. The minimum atomic E-state index is -3.34. The molecule has 1 saturated heterocycles. The van der Waals surface area contributed by atoms with Gasteiger partial charge in [-0.25, -0.2) is 8.42 Å². The third-order valence-corrected chi connectivity index (χ3v) is 10.1. The van der Waals surface area contributed by atoms with Gasteiger partial charge < -0.3 is 10.1 Å². The number of aromatic nitrogens is 2. The molecule has 0 atom stereocenters. The molecule has 1 N–H and O–H groups in total. The molecule has 0 radical (unpaired) electrons. The van der Waals surface area contributed by atoms with Gasteiger partial charge in [0, 0.05) is 86.7 Å². The number of nitrogens with one attached hydrogen (secondary N) is 1. The Morgan fingerprint density at radius 3 is 2.50 bits per heavy atom. The fourth-order valence-corrected chi connectivity index (χ4v) is 7.00. The molecular weight excluding hydrogens is 618 g/mol. The fourth-order valence-electron chi connectivity index (χ4n) is 6.05. The normalized spacial score (nSPS) is 15.7. The molecule has 8 nitrogen and oxygen atoms in total. The van der Waals surface area contributed by atoms with Gasteiger partial charge in [0.2, 0.25) is 10.0 Å². The van der Waals surface area contributed by atoms with Crippen LogP contribution in [0.25, 0.3) is 11.3 Å². The molecule has 0 saturated carbocycles. The summed E-state index contributed by atoms with van der Waals surface area (Å²) in [6, 6.07) is 24.3. The zero-order chi connectivity index (χ0) is 31.9. The van der Waals surface area contributed by atoms with Crippen LogP contribution < -0.4 is 5.32 Å². The number of ether oxygens (including phenoxy) is 1. The van der Waals surface area contributed by atoms with E-state index in [9.17, 15) is 8.42 Å². The quantitative estimate of drug-likeness (QED) is 0.244. The Labute approximate surface area is 277 Å². The number of morpholine rings is 1. The van der Waals surface area contributed by atoms with E-state index in [1.165, 1.54) is 16.1 Å². The second-order valence-corrected chi connectivity index (χ2v) is 14.3. The van der Waals surface area contributed by atoms with Gasteiger partial charge in [0.15, 0.2) is 0 Å². The molecule has 2 aliphatic rings. The predicted molar refractivity (Wildman–Crippen MR) is 183 cm³/mol. The number of hydrogen-bond acceptors (Lipinski definition) is 6. The van der Waals surface area contributed by atoms with E-state index in [1.54, 1.807) is 0 Å². The largest absolute Gasteiger partial charge is 0.379 e. The number of nitrogens with zero attached hydrogens (tertiary/aromatic N) is 4. The Bertz CT molecular complexity index is 1830. The lowest BCUT2D eigenvalue weighted by Crippen LogP contribution is -2.37. The summed E-state index contributed by atoms with van der Waals surface area (Å²) in [5.74, 6) is 6.57. The average molecular weight is 658 g/mol. The molecule has 0 amide bonds. The second-order valence-electron chi connectivity index (χ2n) is 11.9. The predicted octanol–water partition coefficient (Wildman–Crippen LogP) is 4.93. The summed E-state index contributed by atoms with van der Waals surface area (Å²) < 4.78 is 34.1. The van der Waals surface area contributed by atoms with E-state index in [-0.39, 0.29) is 0 Å². The van der Waals surface area contributed by atoms with Gasteiger partial charge in [-0.1, -0.05) is 72.0 Å². The number of hydrogen-bond donors (Lipinski definition) is 1. The molecule has 6 rings (SSSR count). The molecule has 2 aliphatic heterocycles. The van der Waals surface area contributed by atoms with Crippen molar-refractivity contribution < 1.29 is 13.2 Å². The Kier molecular flexibility index (Phi) is 10.5. The molecule has 0 unspecified atom stereocenters. The third-order valence-electron chi connectivity index (χ3n) is 8.53. The van der Waals surface area contributed by atoms with E-state index in [0.717, 1.165) is 92.5 Å². The highest BCUT2D eigenvalue weighted by molar-refractivity contribution is 7.88. The smallest absolute Gasteiger partial charge is 0.211 e. The van der Waals surface area contributed by atoms with Crippen LogP contribution in [0.3, 0.4) is 0 Å². The van der Waals surface area contributed by atoms with Crippen molar-refractivity contribution in [3.05, 3.63) is 111 Å². The zero-order valence-electron chi connectivity index (χ0n) is 26.2. The van der Waals surface area contributed by atoms with Crippen LogP contribution >= 0.6 is 11.6 Å². The first-order valence-corrected chi connectivity index (χ1v) is 18.1. The van der Waals surface area contributed by atoms with E-state index >= 15 is 0 Å².